The Bertz CT molecular complexity index is 74.1. The first-order valence-electron chi connectivity index (χ1n) is 3.36. The van der Waals surface area contributed by atoms with Crippen LogP contribution in [-0.2, 0) is 4.74 Å². The summed E-state index contributed by atoms with van der Waals surface area (Å²) in [7, 11) is 0. The lowest BCUT2D eigenvalue weighted by Crippen LogP contribution is -2.28. The Morgan fingerprint density at radius 3 is 3.10 bits per heavy atom. The first-order chi connectivity index (χ1) is 4.43. The van der Waals surface area contributed by atoms with E-state index in [2.05, 4.69) is 5.32 Å². The van der Waals surface area contributed by atoms with Crippen LogP contribution in [-0.4, -0.2) is 37.5 Å². The van der Waals surface area contributed by atoms with Gasteiger partial charge in [-0.3, -0.25) is 0 Å². The molecule has 1 aliphatic heterocycles. The van der Waals surface area contributed by atoms with E-state index in [-0.39, 0.29) is 25.1 Å². The van der Waals surface area contributed by atoms with Crippen LogP contribution in [0, 0.1) is 0 Å². The summed E-state index contributed by atoms with van der Waals surface area (Å²) in [6, 6.07) is 0. The Labute approximate surface area is 67.2 Å². The van der Waals surface area contributed by atoms with Crippen molar-refractivity contribution in [1.82, 2.24) is 5.32 Å². The van der Waals surface area contributed by atoms with Crippen LogP contribution < -0.4 is 5.32 Å². The summed E-state index contributed by atoms with van der Waals surface area (Å²) < 4.78 is 5.24. The van der Waals surface area contributed by atoms with Crippen LogP contribution in [0.3, 0.4) is 0 Å². The standard InChI is InChI=1S/C6H13NO2.ClH/c8-5-6-4-7-2-1-3-9-6;/h6-8H,1-5H2;1H/t6-;/m0./s1. The van der Waals surface area contributed by atoms with Crippen molar-refractivity contribution in [2.24, 2.45) is 0 Å². The molecule has 2 N–H and O–H groups in total. The molecule has 1 heterocycles. The van der Waals surface area contributed by atoms with E-state index in [4.69, 9.17) is 9.84 Å². The number of hydrogen-bond donors (Lipinski definition) is 2. The minimum atomic E-state index is 0. The van der Waals surface area contributed by atoms with Crippen molar-refractivity contribution in [3.8, 4) is 0 Å². The zero-order valence-electron chi connectivity index (χ0n) is 5.88. The third-order valence-corrected chi connectivity index (χ3v) is 1.43. The molecule has 0 saturated carbocycles. The molecule has 10 heavy (non-hydrogen) atoms. The average Bonchev–Trinajstić information content (AvgIpc) is 2.13. The molecule has 1 aliphatic rings. The molecule has 0 aromatic heterocycles. The molecule has 0 bridgehead atoms. The predicted octanol–water partition coefficient (Wildman–Crippen LogP) is -0.221. The van der Waals surface area contributed by atoms with Crippen molar-refractivity contribution in [2.75, 3.05) is 26.3 Å². The topological polar surface area (TPSA) is 41.5 Å². The zero-order valence-corrected chi connectivity index (χ0v) is 6.69. The number of hydrogen-bond acceptors (Lipinski definition) is 3. The smallest absolute Gasteiger partial charge is 0.0929 e. The second-order valence-corrected chi connectivity index (χ2v) is 2.23. The second-order valence-electron chi connectivity index (χ2n) is 2.23. The van der Waals surface area contributed by atoms with E-state index in [0.717, 1.165) is 26.1 Å². The van der Waals surface area contributed by atoms with Gasteiger partial charge in [0.2, 0.25) is 0 Å². The van der Waals surface area contributed by atoms with Crippen LogP contribution in [0.4, 0.5) is 0 Å². The van der Waals surface area contributed by atoms with Crippen LogP contribution in [0.2, 0.25) is 0 Å². The van der Waals surface area contributed by atoms with Gasteiger partial charge in [0, 0.05) is 13.2 Å². The molecule has 0 unspecified atom stereocenters. The first-order valence-corrected chi connectivity index (χ1v) is 3.36. The molecule has 0 spiro atoms. The molecule has 0 amide bonds. The maximum absolute atomic E-state index is 8.65. The molecule has 0 radical (unpaired) electrons. The molecule has 1 atom stereocenters. The van der Waals surface area contributed by atoms with Gasteiger partial charge >= 0.3 is 0 Å². The van der Waals surface area contributed by atoms with Crippen molar-refractivity contribution >= 4 is 12.4 Å². The fourth-order valence-electron chi connectivity index (χ4n) is 0.886. The van der Waals surface area contributed by atoms with E-state index in [1.807, 2.05) is 0 Å². The molecule has 4 heteroatoms. The molecular formula is C6H14ClNO2. The number of aliphatic hydroxyl groups excluding tert-OH is 1. The van der Waals surface area contributed by atoms with E-state index in [1.165, 1.54) is 0 Å². The monoisotopic (exact) mass is 167 g/mol. The van der Waals surface area contributed by atoms with E-state index in [0.29, 0.717) is 0 Å². The van der Waals surface area contributed by atoms with E-state index < -0.39 is 0 Å². The lowest BCUT2D eigenvalue weighted by atomic mass is 10.4. The average molecular weight is 168 g/mol. The minimum Gasteiger partial charge on any atom is -0.394 e. The maximum Gasteiger partial charge on any atom is 0.0929 e. The lowest BCUT2D eigenvalue weighted by Gasteiger charge is -2.09. The Hall–Kier alpha value is 0.170. The van der Waals surface area contributed by atoms with Gasteiger partial charge in [-0.1, -0.05) is 0 Å². The van der Waals surface area contributed by atoms with E-state index >= 15 is 0 Å². The van der Waals surface area contributed by atoms with E-state index in [1.54, 1.807) is 0 Å². The highest BCUT2D eigenvalue weighted by atomic mass is 35.5. The summed E-state index contributed by atoms with van der Waals surface area (Å²) in [5, 5.41) is 11.8. The Balaban J connectivity index is 0.000000810. The molecule has 1 rings (SSSR count). The lowest BCUT2D eigenvalue weighted by molar-refractivity contribution is 0.0249. The minimum absolute atomic E-state index is 0. The number of aliphatic hydroxyl groups is 1. The molecule has 1 fully saturated rings. The van der Waals surface area contributed by atoms with Crippen LogP contribution in [0.25, 0.3) is 0 Å². The zero-order chi connectivity index (χ0) is 6.53. The molecule has 1 saturated heterocycles. The summed E-state index contributed by atoms with van der Waals surface area (Å²) in [4.78, 5) is 0. The number of halogens is 1. The fraction of sp³-hybridized carbons (Fsp3) is 1.00. The highest BCUT2D eigenvalue weighted by Crippen LogP contribution is 1.94. The van der Waals surface area contributed by atoms with Crippen molar-refractivity contribution in [3.63, 3.8) is 0 Å². The first kappa shape index (κ1) is 10.2. The highest BCUT2D eigenvalue weighted by Gasteiger charge is 2.09. The molecule has 0 aromatic carbocycles. The number of nitrogens with one attached hydrogen (secondary N) is 1. The molecule has 0 aliphatic carbocycles. The Kier molecular flexibility index (Phi) is 6.02. The SMILES string of the molecule is Cl.OC[C@@H]1CNCCCO1. The summed E-state index contributed by atoms with van der Waals surface area (Å²) in [6.45, 7) is 2.71. The molecular weight excluding hydrogens is 154 g/mol. The quantitative estimate of drug-likeness (QED) is 0.568. The predicted molar refractivity (Wildman–Crippen MR) is 41.6 cm³/mol. The van der Waals surface area contributed by atoms with Gasteiger partial charge in [-0.05, 0) is 13.0 Å². The van der Waals surface area contributed by atoms with Crippen LogP contribution in [0.15, 0.2) is 0 Å². The van der Waals surface area contributed by atoms with Gasteiger partial charge in [-0.25, -0.2) is 0 Å². The van der Waals surface area contributed by atoms with Crippen LogP contribution in [0.5, 0.6) is 0 Å². The second kappa shape index (κ2) is 5.92. The summed E-state index contributed by atoms with van der Waals surface area (Å²) in [5.41, 5.74) is 0. The van der Waals surface area contributed by atoms with Gasteiger partial charge in [-0.15, -0.1) is 12.4 Å². The molecule has 3 nitrogen and oxygen atoms in total. The van der Waals surface area contributed by atoms with Crippen molar-refractivity contribution in [2.45, 2.75) is 12.5 Å². The summed E-state index contributed by atoms with van der Waals surface area (Å²) in [5.74, 6) is 0. The van der Waals surface area contributed by atoms with E-state index in [9.17, 15) is 0 Å². The molecule has 62 valence electrons. The largest absolute Gasteiger partial charge is 0.394 e. The highest BCUT2D eigenvalue weighted by molar-refractivity contribution is 5.85. The normalized spacial score (nSPS) is 26.7. The summed E-state index contributed by atoms with van der Waals surface area (Å²) in [6.07, 6.45) is 1.07. The van der Waals surface area contributed by atoms with Gasteiger partial charge in [-0.2, -0.15) is 0 Å². The van der Waals surface area contributed by atoms with Gasteiger partial charge in [0.15, 0.2) is 0 Å². The van der Waals surface area contributed by atoms with Gasteiger partial charge in [0.1, 0.15) is 0 Å². The third-order valence-electron chi connectivity index (χ3n) is 1.43. The van der Waals surface area contributed by atoms with Crippen LogP contribution in [0.1, 0.15) is 6.42 Å². The van der Waals surface area contributed by atoms with Crippen molar-refractivity contribution in [3.05, 3.63) is 0 Å². The van der Waals surface area contributed by atoms with Gasteiger partial charge in [0.05, 0.1) is 12.7 Å². The van der Waals surface area contributed by atoms with Crippen molar-refractivity contribution < 1.29 is 9.84 Å². The fourth-order valence-corrected chi connectivity index (χ4v) is 0.886. The number of rotatable bonds is 1. The Morgan fingerprint density at radius 1 is 1.60 bits per heavy atom. The summed E-state index contributed by atoms with van der Waals surface area (Å²) >= 11 is 0. The Morgan fingerprint density at radius 2 is 2.40 bits per heavy atom. The van der Waals surface area contributed by atoms with Gasteiger partial charge < -0.3 is 15.2 Å². The maximum atomic E-state index is 8.65. The third kappa shape index (κ3) is 3.37. The van der Waals surface area contributed by atoms with Crippen molar-refractivity contribution in [1.29, 1.82) is 0 Å². The van der Waals surface area contributed by atoms with Gasteiger partial charge in [0.25, 0.3) is 0 Å². The van der Waals surface area contributed by atoms with Crippen LogP contribution >= 0.6 is 12.4 Å². The molecule has 0 aromatic rings. The number of ether oxygens (including phenoxy) is 1.